The third-order valence-corrected chi connectivity index (χ3v) is 3.25. The van der Waals surface area contributed by atoms with Crippen molar-refractivity contribution in [2.75, 3.05) is 26.2 Å². The van der Waals surface area contributed by atoms with Crippen LogP contribution in [0.5, 0.6) is 0 Å². The fourth-order valence-electron chi connectivity index (χ4n) is 2.23. The lowest BCUT2D eigenvalue weighted by molar-refractivity contribution is -0.122. The van der Waals surface area contributed by atoms with Gasteiger partial charge in [0.15, 0.2) is 0 Å². The lowest BCUT2D eigenvalue weighted by Crippen LogP contribution is -2.48. The highest BCUT2D eigenvalue weighted by molar-refractivity contribution is 5.78. The third kappa shape index (κ3) is 7.90. The Labute approximate surface area is 127 Å². The Bertz CT molecular complexity index is 345. The number of hydrogen-bond donors (Lipinski definition) is 2. The molecule has 0 unspecified atom stereocenters. The van der Waals surface area contributed by atoms with Crippen LogP contribution in [0.15, 0.2) is 0 Å². The fourth-order valence-corrected chi connectivity index (χ4v) is 2.23. The first kappa shape index (κ1) is 17.8. The van der Waals surface area contributed by atoms with Gasteiger partial charge in [0, 0.05) is 25.7 Å². The normalized spacial score (nSPS) is 17.3. The Balaban J connectivity index is 2.23. The summed E-state index contributed by atoms with van der Waals surface area (Å²) in [6.45, 7) is 10.4. The van der Waals surface area contributed by atoms with Gasteiger partial charge in [0.1, 0.15) is 5.60 Å². The Hall–Kier alpha value is -1.30. The molecule has 6 nitrogen and oxygen atoms in total. The van der Waals surface area contributed by atoms with Crippen molar-refractivity contribution in [1.29, 1.82) is 0 Å². The molecule has 2 N–H and O–H groups in total. The predicted octanol–water partition coefficient (Wildman–Crippen LogP) is 1.50. The van der Waals surface area contributed by atoms with Crippen molar-refractivity contribution in [2.45, 2.75) is 58.6 Å². The summed E-state index contributed by atoms with van der Waals surface area (Å²) in [4.78, 5) is 25.5. The van der Waals surface area contributed by atoms with Gasteiger partial charge in [-0.15, -0.1) is 0 Å². The van der Waals surface area contributed by atoms with Crippen LogP contribution < -0.4 is 10.6 Å². The Kier molecular flexibility index (Phi) is 6.95. The number of ether oxygens (including phenoxy) is 1. The van der Waals surface area contributed by atoms with E-state index in [9.17, 15) is 9.59 Å². The quantitative estimate of drug-likeness (QED) is 0.807. The molecule has 0 aromatic rings. The summed E-state index contributed by atoms with van der Waals surface area (Å²) in [5.41, 5.74) is -0.470. The Morgan fingerprint density at radius 1 is 1.24 bits per heavy atom. The van der Waals surface area contributed by atoms with Gasteiger partial charge in [-0.25, -0.2) is 4.79 Å². The number of carbonyl (C=O) groups excluding carboxylic acids is 2. The average Bonchev–Trinajstić information content (AvgIpc) is 2.36. The fraction of sp³-hybridized carbons (Fsp3) is 0.867. The summed E-state index contributed by atoms with van der Waals surface area (Å²) in [5.74, 6) is 0.0791. The lowest BCUT2D eigenvalue weighted by atomic mass is 10.1. The Morgan fingerprint density at radius 2 is 1.86 bits per heavy atom. The standard InChI is InChI=1S/C15H29N3O3/c1-5-8-16-13(19)11-18-9-6-12(7-10-18)17-14(20)21-15(2,3)4/h12H,5-11H2,1-4H3,(H,16,19)(H,17,20). The molecule has 1 saturated heterocycles. The van der Waals surface area contributed by atoms with Gasteiger partial charge >= 0.3 is 6.09 Å². The first-order chi connectivity index (χ1) is 9.80. The van der Waals surface area contributed by atoms with Crippen LogP contribution >= 0.6 is 0 Å². The van der Waals surface area contributed by atoms with Crippen LogP contribution in [0.4, 0.5) is 4.79 Å². The second kappa shape index (κ2) is 8.22. The summed E-state index contributed by atoms with van der Waals surface area (Å²) >= 11 is 0. The largest absolute Gasteiger partial charge is 0.444 e. The lowest BCUT2D eigenvalue weighted by Gasteiger charge is -2.32. The molecule has 21 heavy (non-hydrogen) atoms. The van der Waals surface area contributed by atoms with E-state index in [0.29, 0.717) is 6.54 Å². The summed E-state index contributed by atoms with van der Waals surface area (Å²) in [5, 5.41) is 5.77. The number of carbonyl (C=O) groups is 2. The molecule has 2 amide bonds. The number of rotatable bonds is 5. The van der Waals surface area contributed by atoms with Crippen molar-refractivity contribution in [3.05, 3.63) is 0 Å². The number of nitrogens with one attached hydrogen (secondary N) is 2. The molecule has 1 heterocycles. The summed E-state index contributed by atoms with van der Waals surface area (Å²) < 4.78 is 5.25. The maximum atomic E-state index is 11.7. The minimum absolute atomic E-state index is 0.0791. The molecule has 0 bridgehead atoms. The van der Waals surface area contributed by atoms with Crippen molar-refractivity contribution in [2.24, 2.45) is 0 Å². The van der Waals surface area contributed by atoms with E-state index in [-0.39, 0.29) is 18.0 Å². The van der Waals surface area contributed by atoms with Crippen LogP contribution in [-0.2, 0) is 9.53 Å². The molecule has 0 atom stereocenters. The zero-order chi connectivity index (χ0) is 15.9. The predicted molar refractivity (Wildman–Crippen MR) is 82.1 cm³/mol. The molecule has 0 aromatic heterocycles. The minimum Gasteiger partial charge on any atom is -0.444 e. The van der Waals surface area contributed by atoms with E-state index in [0.717, 1.165) is 38.9 Å². The van der Waals surface area contributed by atoms with Crippen molar-refractivity contribution < 1.29 is 14.3 Å². The van der Waals surface area contributed by atoms with Gasteiger partial charge < -0.3 is 15.4 Å². The zero-order valence-corrected chi connectivity index (χ0v) is 13.7. The van der Waals surface area contributed by atoms with Gasteiger partial charge in [-0.05, 0) is 40.0 Å². The minimum atomic E-state index is -0.470. The van der Waals surface area contributed by atoms with Gasteiger partial charge in [-0.2, -0.15) is 0 Å². The maximum absolute atomic E-state index is 11.7. The van der Waals surface area contributed by atoms with Crippen LogP contribution in [0, 0.1) is 0 Å². The summed E-state index contributed by atoms with van der Waals surface area (Å²) in [6.07, 6.45) is 2.29. The monoisotopic (exact) mass is 299 g/mol. The second-order valence-corrected chi connectivity index (χ2v) is 6.55. The molecule has 1 rings (SSSR count). The van der Waals surface area contributed by atoms with E-state index in [2.05, 4.69) is 15.5 Å². The van der Waals surface area contributed by atoms with Crippen LogP contribution in [0.25, 0.3) is 0 Å². The second-order valence-electron chi connectivity index (χ2n) is 6.55. The molecular weight excluding hydrogens is 270 g/mol. The Morgan fingerprint density at radius 3 is 2.38 bits per heavy atom. The van der Waals surface area contributed by atoms with E-state index >= 15 is 0 Å². The topological polar surface area (TPSA) is 70.7 Å². The average molecular weight is 299 g/mol. The number of piperidine rings is 1. The summed E-state index contributed by atoms with van der Waals surface area (Å²) in [7, 11) is 0. The van der Waals surface area contributed by atoms with Gasteiger partial charge in [-0.1, -0.05) is 6.92 Å². The molecule has 0 radical (unpaired) electrons. The zero-order valence-electron chi connectivity index (χ0n) is 13.7. The molecule has 6 heteroatoms. The van der Waals surface area contributed by atoms with E-state index in [1.807, 2.05) is 27.7 Å². The highest BCUT2D eigenvalue weighted by atomic mass is 16.6. The SMILES string of the molecule is CCCNC(=O)CN1CCC(NC(=O)OC(C)(C)C)CC1. The van der Waals surface area contributed by atoms with E-state index < -0.39 is 5.60 Å². The van der Waals surface area contributed by atoms with Crippen LogP contribution in [-0.4, -0.2) is 54.7 Å². The van der Waals surface area contributed by atoms with Gasteiger partial charge in [0.2, 0.25) is 5.91 Å². The van der Waals surface area contributed by atoms with Crippen molar-refractivity contribution >= 4 is 12.0 Å². The molecule has 122 valence electrons. The maximum Gasteiger partial charge on any atom is 0.407 e. The van der Waals surface area contributed by atoms with Crippen molar-refractivity contribution in [3.8, 4) is 0 Å². The van der Waals surface area contributed by atoms with Crippen molar-refractivity contribution in [3.63, 3.8) is 0 Å². The molecule has 0 aliphatic carbocycles. The van der Waals surface area contributed by atoms with Crippen LogP contribution in [0.3, 0.4) is 0 Å². The molecule has 1 aliphatic rings. The molecule has 0 aromatic carbocycles. The van der Waals surface area contributed by atoms with E-state index in [1.165, 1.54) is 0 Å². The van der Waals surface area contributed by atoms with Gasteiger partial charge in [0.05, 0.1) is 6.54 Å². The van der Waals surface area contributed by atoms with Crippen LogP contribution in [0.1, 0.15) is 47.0 Å². The van der Waals surface area contributed by atoms with Gasteiger partial charge in [-0.3, -0.25) is 9.69 Å². The number of amides is 2. The number of likely N-dealkylation sites (tertiary alicyclic amines) is 1. The third-order valence-electron chi connectivity index (χ3n) is 3.25. The molecule has 0 saturated carbocycles. The summed E-state index contributed by atoms with van der Waals surface area (Å²) in [6, 6.07) is 0.134. The highest BCUT2D eigenvalue weighted by Gasteiger charge is 2.24. The highest BCUT2D eigenvalue weighted by Crippen LogP contribution is 2.12. The molecular formula is C15H29N3O3. The first-order valence-electron chi connectivity index (χ1n) is 7.78. The number of alkyl carbamates (subject to hydrolysis) is 1. The van der Waals surface area contributed by atoms with Gasteiger partial charge in [0.25, 0.3) is 0 Å². The molecule has 1 aliphatic heterocycles. The smallest absolute Gasteiger partial charge is 0.407 e. The molecule has 1 fully saturated rings. The number of hydrogen-bond acceptors (Lipinski definition) is 4. The first-order valence-corrected chi connectivity index (χ1v) is 7.78. The van der Waals surface area contributed by atoms with E-state index in [1.54, 1.807) is 0 Å². The number of nitrogens with zero attached hydrogens (tertiary/aromatic N) is 1. The van der Waals surface area contributed by atoms with E-state index in [4.69, 9.17) is 4.74 Å². The molecule has 0 spiro atoms. The van der Waals surface area contributed by atoms with Crippen LogP contribution in [0.2, 0.25) is 0 Å². The van der Waals surface area contributed by atoms with Crippen molar-refractivity contribution in [1.82, 2.24) is 15.5 Å².